The molecule has 112 valence electrons. The third-order valence-corrected chi connectivity index (χ3v) is 4.51. The van der Waals surface area contributed by atoms with Crippen molar-refractivity contribution < 1.29 is 12.8 Å². The fourth-order valence-corrected chi connectivity index (χ4v) is 3.03. The monoisotopic (exact) mass is 315 g/mol. The number of benzene rings is 2. The summed E-state index contributed by atoms with van der Waals surface area (Å²) < 4.78 is 35.6. The molecule has 1 aliphatic carbocycles. The molecule has 0 saturated heterocycles. The molecule has 2 aromatic rings. The van der Waals surface area contributed by atoms with Crippen LogP contribution in [-0.4, -0.2) is 8.42 Å². The fraction of sp³-hybridized carbons (Fsp3) is 0.0588. The van der Waals surface area contributed by atoms with Gasteiger partial charge in [-0.15, -0.1) is 0 Å². The molecule has 0 aliphatic heterocycles. The van der Waals surface area contributed by atoms with Crippen molar-refractivity contribution in [1.82, 2.24) is 0 Å². The van der Waals surface area contributed by atoms with Crippen molar-refractivity contribution in [3.05, 3.63) is 77.6 Å². The highest BCUT2D eigenvalue weighted by Crippen LogP contribution is 2.36. The predicted molar refractivity (Wildman–Crippen MR) is 84.8 cm³/mol. The normalized spacial score (nSPS) is 14.6. The first kappa shape index (κ1) is 14.7. The Morgan fingerprint density at radius 1 is 0.818 bits per heavy atom. The van der Waals surface area contributed by atoms with Crippen LogP contribution in [0.15, 0.2) is 65.6 Å². The van der Waals surface area contributed by atoms with Gasteiger partial charge in [0, 0.05) is 0 Å². The molecule has 0 aromatic heterocycles. The molecule has 0 unspecified atom stereocenters. The van der Waals surface area contributed by atoms with Gasteiger partial charge in [-0.05, 0) is 53.0 Å². The largest absolute Gasteiger partial charge is 0.238 e. The van der Waals surface area contributed by atoms with Crippen LogP contribution in [0.3, 0.4) is 0 Å². The Kier molecular flexibility index (Phi) is 3.68. The second-order valence-electron chi connectivity index (χ2n) is 5.05. The zero-order chi connectivity index (χ0) is 15.7. The maximum Gasteiger partial charge on any atom is 0.238 e. The molecule has 0 spiro atoms. The van der Waals surface area contributed by atoms with Crippen LogP contribution < -0.4 is 5.14 Å². The lowest BCUT2D eigenvalue weighted by Crippen LogP contribution is -2.11. The highest BCUT2D eigenvalue weighted by atomic mass is 32.2. The predicted octanol–water partition coefficient (Wildman–Crippen LogP) is 3.34. The molecule has 0 bridgehead atoms. The first-order valence-electron chi connectivity index (χ1n) is 6.75. The van der Waals surface area contributed by atoms with Crippen LogP contribution in [0.1, 0.15) is 17.5 Å². The van der Waals surface area contributed by atoms with Gasteiger partial charge in [-0.1, -0.05) is 36.4 Å². The zero-order valence-electron chi connectivity index (χ0n) is 11.7. The molecule has 0 fully saturated rings. The lowest BCUT2D eigenvalue weighted by molar-refractivity contribution is 0.598. The van der Waals surface area contributed by atoms with Gasteiger partial charge >= 0.3 is 0 Å². The van der Waals surface area contributed by atoms with E-state index in [9.17, 15) is 12.8 Å². The standard InChI is InChI=1S/C17H14FNO2S/c18-14-8-4-12(5-9-14)16-2-1-3-17(16)13-6-10-15(11-7-13)22(19,20)21/h2-11H,1H2,(H2,19,20,21). The van der Waals surface area contributed by atoms with E-state index in [1.807, 2.05) is 0 Å². The lowest BCUT2D eigenvalue weighted by atomic mass is 9.95. The summed E-state index contributed by atoms with van der Waals surface area (Å²) in [6, 6.07) is 12.8. The van der Waals surface area contributed by atoms with Gasteiger partial charge in [0.15, 0.2) is 0 Å². The minimum atomic E-state index is -3.69. The van der Waals surface area contributed by atoms with Crippen LogP contribution >= 0.6 is 0 Å². The summed E-state index contributed by atoms with van der Waals surface area (Å²) in [6.07, 6.45) is 4.92. The van der Waals surface area contributed by atoms with Gasteiger partial charge in [0.2, 0.25) is 10.0 Å². The fourth-order valence-electron chi connectivity index (χ4n) is 2.51. The number of nitrogens with two attached hydrogens (primary N) is 1. The summed E-state index contributed by atoms with van der Waals surface area (Å²) >= 11 is 0. The summed E-state index contributed by atoms with van der Waals surface area (Å²) in [5.74, 6) is -0.273. The van der Waals surface area contributed by atoms with Gasteiger partial charge in [-0.2, -0.15) is 0 Å². The number of hydrogen-bond acceptors (Lipinski definition) is 2. The van der Waals surface area contributed by atoms with Crippen molar-refractivity contribution in [2.75, 3.05) is 0 Å². The molecule has 0 radical (unpaired) electrons. The Balaban J connectivity index is 1.95. The zero-order valence-corrected chi connectivity index (χ0v) is 12.5. The topological polar surface area (TPSA) is 60.2 Å². The van der Waals surface area contributed by atoms with Crippen LogP contribution in [0.2, 0.25) is 0 Å². The van der Waals surface area contributed by atoms with Gasteiger partial charge in [-0.3, -0.25) is 0 Å². The van der Waals surface area contributed by atoms with Crippen molar-refractivity contribution in [3.63, 3.8) is 0 Å². The number of rotatable bonds is 3. The van der Waals surface area contributed by atoms with Gasteiger partial charge in [0.05, 0.1) is 4.90 Å². The van der Waals surface area contributed by atoms with E-state index in [1.54, 1.807) is 24.3 Å². The molecule has 22 heavy (non-hydrogen) atoms. The van der Waals surface area contributed by atoms with E-state index in [4.69, 9.17) is 5.14 Å². The molecule has 5 heteroatoms. The summed E-state index contributed by atoms with van der Waals surface area (Å²) in [6.45, 7) is 0. The minimum absolute atomic E-state index is 0.0853. The van der Waals surface area contributed by atoms with Crippen LogP contribution in [0.4, 0.5) is 4.39 Å². The second-order valence-corrected chi connectivity index (χ2v) is 6.61. The van der Waals surface area contributed by atoms with Crippen molar-refractivity contribution in [1.29, 1.82) is 0 Å². The third kappa shape index (κ3) is 2.86. The average Bonchev–Trinajstić information content (AvgIpc) is 2.97. The maximum atomic E-state index is 13.0. The van der Waals surface area contributed by atoms with E-state index in [-0.39, 0.29) is 10.7 Å². The van der Waals surface area contributed by atoms with E-state index < -0.39 is 10.0 Å². The van der Waals surface area contributed by atoms with Gasteiger partial charge in [0.25, 0.3) is 0 Å². The molecule has 0 heterocycles. The first-order valence-corrected chi connectivity index (χ1v) is 8.30. The van der Waals surface area contributed by atoms with Gasteiger partial charge in [-0.25, -0.2) is 17.9 Å². The van der Waals surface area contributed by atoms with Crippen molar-refractivity contribution in [3.8, 4) is 0 Å². The molecular weight excluding hydrogens is 301 g/mol. The summed E-state index contributed by atoms with van der Waals surface area (Å²) in [5.41, 5.74) is 3.86. The lowest BCUT2D eigenvalue weighted by Gasteiger charge is -2.10. The SMILES string of the molecule is NS(=O)(=O)c1ccc(C2=CCC=C2c2ccc(F)cc2)cc1. The van der Waals surface area contributed by atoms with Crippen molar-refractivity contribution >= 4 is 21.2 Å². The molecular formula is C17H14FNO2S. The summed E-state index contributed by atoms with van der Waals surface area (Å²) in [4.78, 5) is 0.0853. The van der Waals surface area contributed by atoms with E-state index in [2.05, 4.69) is 12.2 Å². The number of halogens is 1. The van der Waals surface area contributed by atoms with E-state index >= 15 is 0 Å². The number of primary sulfonamides is 1. The van der Waals surface area contributed by atoms with E-state index in [0.717, 1.165) is 28.7 Å². The van der Waals surface area contributed by atoms with Gasteiger partial charge < -0.3 is 0 Å². The second kappa shape index (κ2) is 5.51. The molecule has 2 N–H and O–H groups in total. The Hall–Kier alpha value is -2.24. The molecule has 3 rings (SSSR count). The minimum Gasteiger partial charge on any atom is -0.225 e. The Bertz CT molecular complexity index is 864. The quantitative estimate of drug-likeness (QED) is 0.944. The summed E-state index contributed by atoms with van der Waals surface area (Å²) in [7, 11) is -3.69. The number of sulfonamides is 1. The van der Waals surface area contributed by atoms with Crippen molar-refractivity contribution in [2.24, 2.45) is 5.14 Å². The molecule has 3 nitrogen and oxygen atoms in total. The van der Waals surface area contributed by atoms with E-state index in [0.29, 0.717) is 0 Å². The third-order valence-electron chi connectivity index (χ3n) is 3.58. The molecule has 0 atom stereocenters. The Morgan fingerprint density at radius 2 is 1.27 bits per heavy atom. The van der Waals surface area contributed by atoms with Crippen LogP contribution in [0.25, 0.3) is 11.1 Å². The summed E-state index contributed by atoms with van der Waals surface area (Å²) in [5, 5.41) is 5.10. The van der Waals surface area contributed by atoms with Crippen molar-refractivity contribution in [2.45, 2.75) is 11.3 Å². The molecule has 1 aliphatic rings. The number of allylic oxidation sites excluding steroid dienone is 4. The first-order chi connectivity index (χ1) is 10.4. The Morgan fingerprint density at radius 3 is 1.73 bits per heavy atom. The van der Waals surface area contributed by atoms with Crippen LogP contribution in [0, 0.1) is 5.82 Å². The van der Waals surface area contributed by atoms with Gasteiger partial charge in [0.1, 0.15) is 5.82 Å². The highest BCUT2D eigenvalue weighted by molar-refractivity contribution is 7.89. The van der Waals surface area contributed by atoms with Crippen LogP contribution in [-0.2, 0) is 10.0 Å². The molecule has 0 saturated carbocycles. The van der Waals surface area contributed by atoms with E-state index in [1.165, 1.54) is 24.3 Å². The average molecular weight is 315 g/mol. The highest BCUT2D eigenvalue weighted by Gasteiger charge is 2.15. The maximum absolute atomic E-state index is 13.0. The molecule has 2 aromatic carbocycles. The Labute approximate surface area is 128 Å². The molecule has 0 amide bonds. The number of hydrogen-bond donors (Lipinski definition) is 1. The van der Waals surface area contributed by atoms with Crippen LogP contribution in [0.5, 0.6) is 0 Å². The smallest absolute Gasteiger partial charge is 0.225 e.